The third kappa shape index (κ3) is 2.28. The van der Waals surface area contributed by atoms with Crippen molar-refractivity contribution in [2.75, 3.05) is 13.2 Å². The fourth-order valence-electron chi connectivity index (χ4n) is 2.55. The Labute approximate surface area is 97.7 Å². The van der Waals surface area contributed by atoms with Gasteiger partial charge in [-0.3, -0.25) is 0 Å². The van der Waals surface area contributed by atoms with Crippen molar-refractivity contribution < 1.29 is 5.11 Å². The summed E-state index contributed by atoms with van der Waals surface area (Å²) in [4.78, 5) is 0. The smallest absolute Gasteiger partial charge is 0.0584 e. The number of hydrogen-bond acceptors (Lipinski definition) is 2. The van der Waals surface area contributed by atoms with Gasteiger partial charge in [0.15, 0.2) is 0 Å². The number of aliphatic hydroxyl groups excluding tert-OH is 1. The van der Waals surface area contributed by atoms with E-state index in [2.05, 4.69) is 37.4 Å². The summed E-state index contributed by atoms with van der Waals surface area (Å²) in [5.74, 6) is 0.614. The Kier molecular flexibility index (Phi) is 3.62. The zero-order valence-corrected chi connectivity index (χ0v) is 10.2. The minimum absolute atomic E-state index is 0.263. The van der Waals surface area contributed by atoms with E-state index in [1.807, 2.05) is 0 Å². The van der Waals surface area contributed by atoms with Gasteiger partial charge in [-0.1, -0.05) is 18.2 Å². The quantitative estimate of drug-likeness (QED) is 0.798. The molecule has 0 radical (unpaired) electrons. The van der Waals surface area contributed by atoms with Gasteiger partial charge in [0, 0.05) is 12.6 Å². The van der Waals surface area contributed by atoms with Crippen LogP contribution in [0.25, 0.3) is 0 Å². The molecule has 1 aromatic rings. The van der Waals surface area contributed by atoms with E-state index >= 15 is 0 Å². The standard InChI is InChI=1S/C14H21NO/c1-10-4-3-5-14(11(10)2)12-6-7-13(9-16)15-8-12/h3-5,12-13,15-16H,6-9H2,1-2H3. The van der Waals surface area contributed by atoms with Crippen molar-refractivity contribution in [1.82, 2.24) is 5.32 Å². The third-order valence-electron chi connectivity index (χ3n) is 3.82. The number of aliphatic hydroxyl groups is 1. The average molecular weight is 219 g/mol. The SMILES string of the molecule is Cc1cccc(C2CCC(CO)NC2)c1C. The van der Waals surface area contributed by atoms with Crippen LogP contribution in [0.5, 0.6) is 0 Å². The van der Waals surface area contributed by atoms with Gasteiger partial charge in [-0.2, -0.15) is 0 Å². The number of piperidine rings is 1. The lowest BCUT2D eigenvalue weighted by molar-refractivity contribution is 0.212. The number of hydrogen-bond donors (Lipinski definition) is 2. The molecule has 0 spiro atoms. The first-order valence-corrected chi connectivity index (χ1v) is 6.12. The molecule has 88 valence electrons. The lowest BCUT2D eigenvalue weighted by Gasteiger charge is -2.30. The Bertz CT molecular complexity index is 354. The first-order chi connectivity index (χ1) is 7.72. The first-order valence-electron chi connectivity index (χ1n) is 6.12. The molecule has 2 unspecified atom stereocenters. The Hall–Kier alpha value is -0.860. The molecular weight excluding hydrogens is 198 g/mol. The van der Waals surface area contributed by atoms with Crippen LogP contribution in [0.2, 0.25) is 0 Å². The monoisotopic (exact) mass is 219 g/mol. The lowest BCUT2D eigenvalue weighted by atomic mass is 9.85. The van der Waals surface area contributed by atoms with Gasteiger partial charge in [0.05, 0.1) is 6.61 Å². The normalized spacial score (nSPS) is 25.7. The minimum Gasteiger partial charge on any atom is -0.395 e. The number of nitrogens with one attached hydrogen (secondary N) is 1. The van der Waals surface area contributed by atoms with Crippen molar-refractivity contribution in [1.29, 1.82) is 0 Å². The summed E-state index contributed by atoms with van der Waals surface area (Å²) in [6.45, 7) is 5.64. The molecule has 1 fully saturated rings. The Balaban J connectivity index is 2.11. The van der Waals surface area contributed by atoms with Gasteiger partial charge in [0.25, 0.3) is 0 Å². The van der Waals surface area contributed by atoms with Gasteiger partial charge in [0.1, 0.15) is 0 Å². The molecule has 0 amide bonds. The van der Waals surface area contributed by atoms with E-state index in [1.54, 1.807) is 0 Å². The zero-order chi connectivity index (χ0) is 11.5. The summed E-state index contributed by atoms with van der Waals surface area (Å²) in [7, 11) is 0. The number of aryl methyl sites for hydroxylation is 1. The molecule has 1 aliphatic rings. The van der Waals surface area contributed by atoms with Crippen molar-refractivity contribution in [3.05, 3.63) is 34.9 Å². The second-order valence-electron chi connectivity index (χ2n) is 4.85. The highest BCUT2D eigenvalue weighted by atomic mass is 16.3. The third-order valence-corrected chi connectivity index (χ3v) is 3.82. The lowest BCUT2D eigenvalue weighted by Crippen LogP contribution is -2.40. The molecule has 1 saturated heterocycles. The largest absolute Gasteiger partial charge is 0.395 e. The first kappa shape index (κ1) is 11.6. The van der Waals surface area contributed by atoms with Crippen LogP contribution in [0, 0.1) is 13.8 Å². The summed E-state index contributed by atoms with van der Waals surface area (Å²) in [6, 6.07) is 6.87. The van der Waals surface area contributed by atoms with E-state index in [0.717, 1.165) is 13.0 Å². The van der Waals surface area contributed by atoms with E-state index in [0.29, 0.717) is 12.0 Å². The molecular formula is C14H21NO. The molecule has 2 heteroatoms. The van der Waals surface area contributed by atoms with Crippen molar-refractivity contribution in [2.45, 2.75) is 38.6 Å². The Morgan fingerprint density at radius 3 is 2.75 bits per heavy atom. The highest BCUT2D eigenvalue weighted by molar-refractivity contribution is 5.36. The van der Waals surface area contributed by atoms with E-state index in [9.17, 15) is 0 Å². The summed E-state index contributed by atoms with van der Waals surface area (Å²) in [6.07, 6.45) is 2.26. The summed E-state index contributed by atoms with van der Waals surface area (Å²) in [5.41, 5.74) is 4.28. The minimum atomic E-state index is 0.263. The van der Waals surface area contributed by atoms with Crippen LogP contribution >= 0.6 is 0 Å². The highest BCUT2D eigenvalue weighted by Crippen LogP contribution is 2.28. The zero-order valence-electron chi connectivity index (χ0n) is 10.2. The molecule has 0 aromatic heterocycles. The fourth-order valence-corrected chi connectivity index (χ4v) is 2.55. The predicted molar refractivity (Wildman–Crippen MR) is 66.8 cm³/mol. The van der Waals surface area contributed by atoms with Crippen LogP contribution in [0.15, 0.2) is 18.2 Å². The average Bonchev–Trinajstić information content (AvgIpc) is 2.33. The number of benzene rings is 1. The van der Waals surface area contributed by atoms with Crippen LogP contribution < -0.4 is 5.32 Å². The van der Waals surface area contributed by atoms with Gasteiger partial charge in [-0.05, 0) is 49.3 Å². The van der Waals surface area contributed by atoms with Gasteiger partial charge < -0.3 is 10.4 Å². The molecule has 2 N–H and O–H groups in total. The molecule has 1 aliphatic heterocycles. The molecule has 0 bridgehead atoms. The van der Waals surface area contributed by atoms with Crippen LogP contribution in [-0.2, 0) is 0 Å². The van der Waals surface area contributed by atoms with Gasteiger partial charge in [0.2, 0.25) is 0 Å². The summed E-state index contributed by atoms with van der Waals surface area (Å²) in [5, 5.41) is 12.5. The summed E-state index contributed by atoms with van der Waals surface area (Å²) >= 11 is 0. The molecule has 0 aliphatic carbocycles. The second-order valence-corrected chi connectivity index (χ2v) is 4.85. The van der Waals surface area contributed by atoms with Gasteiger partial charge in [-0.15, -0.1) is 0 Å². The molecule has 2 nitrogen and oxygen atoms in total. The predicted octanol–water partition coefficient (Wildman–Crippen LogP) is 2.13. The van der Waals surface area contributed by atoms with Crippen LogP contribution in [0.1, 0.15) is 35.4 Å². The van der Waals surface area contributed by atoms with Crippen LogP contribution in [-0.4, -0.2) is 24.3 Å². The van der Waals surface area contributed by atoms with Gasteiger partial charge in [-0.25, -0.2) is 0 Å². The fraction of sp³-hybridized carbons (Fsp3) is 0.571. The molecule has 1 heterocycles. The maximum Gasteiger partial charge on any atom is 0.0584 e. The van der Waals surface area contributed by atoms with Gasteiger partial charge >= 0.3 is 0 Å². The van der Waals surface area contributed by atoms with Crippen LogP contribution in [0.3, 0.4) is 0 Å². The molecule has 16 heavy (non-hydrogen) atoms. The van der Waals surface area contributed by atoms with Crippen molar-refractivity contribution in [3.63, 3.8) is 0 Å². The van der Waals surface area contributed by atoms with Crippen molar-refractivity contribution in [3.8, 4) is 0 Å². The maximum atomic E-state index is 9.08. The second kappa shape index (κ2) is 4.98. The van der Waals surface area contributed by atoms with E-state index in [-0.39, 0.29) is 6.61 Å². The molecule has 2 rings (SSSR count). The van der Waals surface area contributed by atoms with E-state index in [4.69, 9.17) is 5.11 Å². The Morgan fingerprint density at radius 1 is 1.31 bits per heavy atom. The molecule has 1 aromatic carbocycles. The maximum absolute atomic E-state index is 9.08. The topological polar surface area (TPSA) is 32.3 Å². The molecule has 2 atom stereocenters. The highest BCUT2D eigenvalue weighted by Gasteiger charge is 2.22. The van der Waals surface area contributed by atoms with E-state index in [1.165, 1.54) is 23.1 Å². The molecule has 0 saturated carbocycles. The Morgan fingerprint density at radius 2 is 2.12 bits per heavy atom. The summed E-state index contributed by atoms with van der Waals surface area (Å²) < 4.78 is 0. The van der Waals surface area contributed by atoms with Crippen molar-refractivity contribution >= 4 is 0 Å². The number of rotatable bonds is 2. The van der Waals surface area contributed by atoms with Crippen LogP contribution in [0.4, 0.5) is 0 Å². The van der Waals surface area contributed by atoms with Crippen molar-refractivity contribution in [2.24, 2.45) is 0 Å². The van der Waals surface area contributed by atoms with E-state index < -0.39 is 0 Å².